The molecule has 0 unspecified atom stereocenters. The van der Waals surface area contributed by atoms with Crippen LogP contribution in [0.5, 0.6) is 0 Å². The fraction of sp³-hybridized carbons (Fsp3) is 0. The molecule has 0 saturated heterocycles. The van der Waals surface area contributed by atoms with Crippen molar-refractivity contribution in [2.45, 2.75) is 4.90 Å². The van der Waals surface area contributed by atoms with E-state index in [1.54, 1.807) is 12.1 Å². The van der Waals surface area contributed by atoms with Crippen molar-refractivity contribution in [2.24, 2.45) is 0 Å². The molecule has 0 saturated carbocycles. The van der Waals surface area contributed by atoms with Gasteiger partial charge in [-0.25, -0.2) is 12.8 Å². The summed E-state index contributed by atoms with van der Waals surface area (Å²) >= 11 is 3.10. The van der Waals surface area contributed by atoms with E-state index in [0.29, 0.717) is 10.2 Å². The third-order valence-corrected chi connectivity index (χ3v) is 4.36. The lowest BCUT2D eigenvalue weighted by Gasteiger charge is -2.10. The maximum absolute atomic E-state index is 12.9. The summed E-state index contributed by atoms with van der Waals surface area (Å²) in [6.45, 7) is 0. The number of hydrogen-bond acceptors (Lipinski definition) is 3. The van der Waals surface area contributed by atoms with Gasteiger partial charge in [-0.3, -0.25) is 4.72 Å². The summed E-state index contributed by atoms with van der Waals surface area (Å²) in [6.07, 6.45) is 0. The molecule has 0 fully saturated rings. The van der Waals surface area contributed by atoms with Crippen LogP contribution in [0.1, 0.15) is 0 Å². The molecular weight excluding hydrogens is 335 g/mol. The molecule has 0 spiro atoms. The van der Waals surface area contributed by atoms with E-state index < -0.39 is 15.8 Å². The van der Waals surface area contributed by atoms with E-state index in [9.17, 15) is 12.8 Å². The average molecular weight is 345 g/mol. The molecule has 19 heavy (non-hydrogen) atoms. The Hall–Kier alpha value is -1.60. The summed E-state index contributed by atoms with van der Waals surface area (Å²) in [7, 11) is -3.75. The van der Waals surface area contributed by atoms with E-state index in [1.165, 1.54) is 30.3 Å². The van der Waals surface area contributed by atoms with Gasteiger partial charge in [-0.2, -0.15) is 0 Å². The Morgan fingerprint density at radius 3 is 2.53 bits per heavy atom. The molecule has 2 rings (SSSR count). The zero-order valence-electron chi connectivity index (χ0n) is 9.60. The Labute approximate surface area is 118 Å². The van der Waals surface area contributed by atoms with Crippen molar-refractivity contribution in [3.05, 3.63) is 52.8 Å². The van der Waals surface area contributed by atoms with Crippen molar-refractivity contribution >= 4 is 37.3 Å². The Balaban J connectivity index is 2.36. The van der Waals surface area contributed by atoms with Crippen LogP contribution >= 0.6 is 15.9 Å². The summed E-state index contributed by atoms with van der Waals surface area (Å²) in [5, 5.41) is 0. The van der Waals surface area contributed by atoms with Gasteiger partial charge in [0.05, 0.1) is 10.6 Å². The van der Waals surface area contributed by atoms with Crippen molar-refractivity contribution in [1.82, 2.24) is 0 Å². The first kappa shape index (κ1) is 13.8. The first-order valence-corrected chi connectivity index (χ1v) is 7.49. The standard InChI is InChI=1S/C12H10BrFN2O2S/c13-11-6-8(14)4-5-12(11)16-19(17,18)10-3-1-2-9(15)7-10/h1-7,16H,15H2. The van der Waals surface area contributed by atoms with Crippen molar-refractivity contribution in [1.29, 1.82) is 0 Å². The lowest BCUT2D eigenvalue weighted by Crippen LogP contribution is -2.13. The first-order chi connectivity index (χ1) is 8.88. The molecule has 0 radical (unpaired) electrons. The Morgan fingerprint density at radius 2 is 1.89 bits per heavy atom. The molecular formula is C12H10BrFN2O2S. The van der Waals surface area contributed by atoms with Crippen LogP contribution in [0.25, 0.3) is 0 Å². The largest absolute Gasteiger partial charge is 0.399 e. The van der Waals surface area contributed by atoms with Crippen molar-refractivity contribution < 1.29 is 12.8 Å². The Morgan fingerprint density at radius 1 is 1.16 bits per heavy atom. The van der Waals surface area contributed by atoms with Crippen LogP contribution in [-0.4, -0.2) is 8.42 Å². The normalized spacial score (nSPS) is 11.3. The molecule has 2 aromatic carbocycles. The number of hydrogen-bond donors (Lipinski definition) is 2. The molecule has 2 aromatic rings. The van der Waals surface area contributed by atoms with Gasteiger partial charge in [-0.05, 0) is 52.3 Å². The van der Waals surface area contributed by atoms with Crippen LogP contribution < -0.4 is 10.5 Å². The molecule has 0 amide bonds. The summed E-state index contributed by atoms with van der Waals surface area (Å²) < 4.78 is 39.8. The predicted molar refractivity (Wildman–Crippen MR) is 75.8 cm³/mol. The first-order valence-electron chi connectivity index (χ1n) is 5.22. The van der Waals surface area contributed by atoms with Crippen LogP contribution in [0.4, 0.5) is 15.8 Å². The number of rotatable bonds is 3. The van der Waals surface area contributed by atoms with E-state index in [-0.39, 0.29) is 10.6 Å². The summed E-state index contributed by atoms with van der Waals surface area (Å²) in [5.41, 5.74) is 6.15. The van der Waals surface area contributed by atoms with Gasteiger partial charge in [0.15, 0.2) is 0 Å². The van der Waals surface area contributed by atoms with Gasteiger partial charge in [0, 0.05) is 10.2 Å². The molecule has 3 N–H and O–H groups in total. The minimum atomic E-state index is -3.75. The summed E-state index contributed by atoms with van der Waals surface area (Å²) in [5.74, 6) is -0.459. The second-order valence-corrected chi connectivity index (χ2v) is 6.34. The lowest BCUT2D eigenvalue weighted by atomic mass is 10.3. The van der Waals surface area contributed by atoms with Gasteiger partial charge in [0.2, 0.25) is 0 Å². The highest BCUT2D eigenvalue weighted by Gasteiger charge is 2.15. The smallest absolute Gasteiger partial charge is 0.262 e. The molecule has 0 atom stereocenters. The zero-order valence-corrected chi connectivity index (χ0v) is 12.0. The van der Waals surface area contributed by atoms with E-state index >= 15 is 0 Å². The SMILES string of the molecule is Nc1cccc(S(=O)(=O)Nc2ccc(F)cc2Br)c1. The van der Waals surface area contributed by atoms with Crippen LogP contribution in [0, 0.1) is 5.82 Å². The third-order valence-electron chi connectivity index (χ3n) is 2.34. The van der Waals surface area contributed by atoms with Crippen LogP contribution in [0.15, 0.2) is 51.8 Å². The molecule has 0 bridgehead atoms. The van der Waals surface area contributed by atoms with Crippen LogP contribution in [-0.2, 0) is 10.0 Å². The molecule has 0 aromatic heterocycles. The quantitative estimate of drug-likeness (QED) is 0.840. The van der Waals surface area contributed by atoms with E-state index in [0.717, 1.165) is 0 Å². The second kappa shape index (κ2) is 5.18. The van der Waals surface area contributed by atoms with Gasteiger partial charge in [-0.1, -0.05) is 6.07 Å². The predicted octanol–water partition coefficient (Wildman–Crippen LogP) is 2.97. The van der Waals surface area contributed by atoms with Gasteiger partial charge in [0.1, 0.15) is 5.82 Å². The monoisotopic (exact) mass is 344 g/mol. The number of nitrogen functional groups attached to an aromatic ring is 1. The lowest BCUT2D eigenvalue weighted by molar-refractivity contribution is 0.601. The third kappa shape index (κ3) is 3.24. The number of benzene rings is 2. The second-order valence-electron chi connectivity index (χ2n) is 3.80. The molecule has 0 aliphatic heterocycles. The zero-order chi connectivity index (χ0) is 14.0. The molecule has 0 aliphatic rings. The minimum absolute atomic E-state index is 0.0451. The number of halogens is 2. The topological polar surface area (TPSA) is 72.2 Å². The Bertz CT molecular complexity index is 719. The van der Waals surface area contributed by atoms with Crippen LogP contribution in [0.3, 0.4) is 0 Å². The van der Waals surface area contributed by atoms with Crippen molar-refractivity contribution in [2.75, 3.05) is 10.5 Å². The van der Waals surface area contributed by atoms with E-state index in [2.05, 4.69) is 20.7 Å². The maximum atomic E-state index is 12.9. The number of anilines is 2. The molecule has 7 heteroatoms. The molecule has 4 nitrogen and oxygen atoms in total. The van der Waals surface area contributed by atoms with Crippen molar-refractivity contribution in [3.63, 3.8) is 0 Å². The fourth-order valence-electron chi connectivity index (χ4n) is 1.46. The average Bonchev–Trinajstić information content (AvgIpc) is 2.33. The van der Waals surface area contributed by atoms with E-state index in [1.807, 2.05) is 0 Å². The van der Waals surface area contributed by atoms with Crippen molar-refractivity contribution in [3.8, 4) is 0 Å². The fourth-order valence-corrected chi connectivity index (χ4v) is 3.17. The summed E-state index contributed by atoms with van der Waals surface area (Å²) in [4.78, 5) is 0.0451. The number of nitrogens with two attached hydrogens (primary N) is 1. The molecule has 0 aliphatic carbocycles. The summed E-state index contributed by atoms with van der Waals surface area (Å²) in [6, 6.07) is 9.59. The minimum Gasteiger partial charge on any atom is -0.399 e. The highest BCUT2D eigenvalue weighted by Crippen LogP contribution is 2.26. The Kier molecular flexibility index (Phi) is 3.77. The number of nitrogens with one attached hydrogen (secondary N) is 1. The molecule has 100 valence electrons. The van der Waals surface area contributed by atoms with Gasteiger partial charge in [-0.15, -0.1) is 0 Å². The van der Waals surface area contributed by atoms with Gasteiger partial charge in [0.25, 0.3) is 10.0 Å². The highest BCUT2D eigenvalue weighted by atomic mass is 79.9. The van der Waals surface area contributed by atoms with E-state index in [4.69, 9.17) is 5.73 Å². The van der Waals surface area contributed by atoms with Gasteiger partial charge < -0.3 is 5.73 Å². The maximum Gasteiger partial charge on any atom is 0.262 e. The highest BCUT2D eigenvalue weighted by molar-refractivity contribution is 9.10. The number of sulfonamides is 1. The van der Waals surface area contributed by atoms with Crippen LogP contribution in [0.2, 0.25) is 0 Å². The van der Waals surface area contributed by atoms with Gasteiger partial charge >= 0.3 is 0 Å². The molecule has 0 heterocycles.